The Morgan fingerprint density at radius 1 is 1.03 bits per heavy atom. The average molecular weight is 429 g/mol. The molecule has 0 saturated carbocycles. The van der Waals surface area contributed by atoms with Crippen molar-refractivity contribution in [2.75, 3.05) is 40.4 Å². The number of rotatable bonds is 6. The second-order valence-corrected chi connectivity index (χ2v) is 7.97. The van der Waals surface area contributed by atoms with Crippen molar-refractivity contribution in [2.24, 2.45) is 0 Å². The summed E-state index contributed by atoms with van der Waals surface area (Å²) >= 11 is 0. The van der Waals surface area contributed by atoms with Gasteiger partial charge in [-0.1, -0.05) is 18.2 Å². The molecule has 2 heterocycles. The molecule has 7 nitrogen and oxygen atoms in total. The first-order valence-electron chi connectivity index (χ1n) is 10.6. The molecular weight excluding hydrogens is 399 g/mol. The highest BCUT2D eigenvalue weighted by atomic mass is 19.1. The molecule has 0 aromatic heterocycles. The highest BCUT2D eigenvalue weighted by Gasteiger charge is 2.34. The molecule has 2 aromatic rings. The number of nitrogens with one attached hydrogen (secondary N) is 2. The fraction of sp³-hybridized carbons (Fsp3) is 0.435. The summed E-state index contributed by atoms with van der Waals surface area (Å²) in [5, 5.41) is 0. The SMILES string of the molecule is COc1ccc(C2CC(C(=O)N3CCN(Cc4ccc(OC)c(F)c4)CC3)NN2)cc1. The second kappa shape index (κ2) is 9.64. The predicted molar refractivity (Wildman–Crippen MR) is 115 cm³/mol. The van der Waals surface area contributed by atoms with E-state index in [1.165, 1.54) is 13.2 Å². The Bertz CT molecular complexity index is 900. The van der Waals surface area contributed by atoms with Gasteiger partial charge in [0, 0.05) is 38.8 Å². The van der Waals surface area contributed by atoms with Crippen LogP contribution in [0.15, 0.2) is 42.5 Å². The zero-order valence-corrected chi connectivity index (χ0v) is 17.9. The van der Waals surface area contributed by atoms with Crippen molar-refractivity contribution < 1.29 is 18.7 Å². The van der Waals surface area contributed by atoms with E-state index in [1.807, 2.05) is 35.2 Å². The third kappa shape index (κ3) is 4.98. The second-order valence-electron chi connectivity index (χ2n) is 7.97. The third-order valence-corrected chi connectivity index (χ3v) is 6.03. The molecule has 2 atom stereocenters. The molecule has 2 aliphatic heterocycles. The molecule has 8 heteroatoms. The van der Waals surface area contributed by atoms with Crippen molar-refractivity contribution in [3.05, 3.63) is 59.4 Å². The molecular formula is C23H29FN4O3. The van der Waals surface area contributed by atoms with Crippen molar-refractivity contribution in [1.29, 1.82) is 0 Å². The van der Waals surface area contributed by atoms with Gasteiger partial charge in [0.2, 0.25) is 5.91 Å². The number of carbonyl (C=O) groups is 1. The lowest BCUT2D eigenvalue weighted by molar-refractivity contribution is -0.135. The Morgan fingerprint density at radius 2 is 1.77 bits per heavy atom. The lowest BCUT2D eigenvalue weighted by Crippen LogP contribution is -2.53. The van der Waals surface area contributed by atoms with Crippen molar-refractivity contribution in [3.8, 4) is 11.5 Å². The van der Waals surface area contributed by atoms with E-state index in [4.69, 9.17) is 9.47 Å². The minimum Gasteiger partial charge on any atom is -0.497 e. The number of hydrogen-bond donors (Lipinski definition) is 2. The fourth-order valence-electron chi connectivity index (χ4n) is 4.19. The molecule has 0 bridgehead atoms. The van der Waals surface area contributed by atoms with E-state index in [-0.39, 0.29) is 29.6 Å². The molecule has 31 heavy (non-hydrogen) atoms. The summed E-state index contributed by atoms with van der Waals surface area (Å²) in [4.78, 5) is 17.1. The molecule has 2 fully saturated rings. The maximum atomic E-state index is 13.9. The summed E-state index contributed by atoms with van der Waals surface area (Å²) in [7, 11) is 3.11. The molecule has 0 radical (unpaired) electrons. The van der Waals surface area contributed by atoms with Crippen LogP contribution in [0.4, 0.5) is 4.39 Å². The zero-order chi connectivity index (χ0) is 21.8. The van der Waals surface area contributed by atoms with Crippen LogP contribution in [-0.4, -0.2) is 62.1 Å². The van der Waals surface area contributed by atoms with Crippen LogP contribution in [0.2, 0.25) is 0 Å². The maximum Gasteiger partial charge on any atom is 0.241 e. The number of piperazine rings is 1. The summed E-state index contributed by atoms with van der Waals surface area (Å²) in [6.45, 7) is 3.53. The number of nitrogens with zero attached hydrogens (tertiary/aromatic N) is 2. The third-order valence-electron chi connectivity index (χ3n) is 6.03. The maximum absolute atomic E-state index is 13.9. The van der Waals surface area contributed by atoms with Gasteiger partial charge in [-0.3, -0.25) is 9.69 Å². The molecule has 2 aliphatic rings. The van der Waals surface area contributed by atoms with Crippen LogP contribution in [0, 0.1) is 5.82 Å². The lowest BCUT2D eigenvalue weighted by Gasteiger charge is -2.35. The Morgan fingerprint density at radius 3 is 2.42 bits per heavy atom. The molecule has 166 valence electrons. The minimum absolute atomic E-state index is 0.0890. The summed E-state index contributed by atoms with van der Waals surface area (Å²) in [5.74, 6) is 0.848. The van der Waals surface area contributed by atoms with E-state index in [2.05, 4.69) is 15.8 Å². The van der Waals surface area contributed by atoms with Crippen molar-refractivity contribution in [3.63, 3.8) is 0 Å². The van der Waals surface area contributed by atoms with Gasteiger partial charge in [-0.05, 0) is 41.8 Å². The van der Waals surface area contributed by atoms with Crippen molar-refractivity contribution in [2.45, 2.75) is 25.0 Å². The summed E-state index contributed by atoms with van der Waals surface area (Å²) in [6.07, 6.45) is 0.705. The summed E-state index contributed by atoms with van der Waals surface area (Å²) in [6, 6.07) is 12.8. The summed E-state index contributed by atoms with van der Waals surface area (Å²) in [5.41, 5.74) is 8.43. The number of hydrogen-bond acceptors (Lipinski definition) is 6. The van der Waals surface area contributed by atoms with Gasteiger partial charge in [0.25, 0.3) is 0 Å². The predicted octanol–water partition coefficient (Wildman–Crippen LogP) is 2.09. The minimum atomic E-state index is -0.347. The fourth-order valence-corrected chi connectivity index (χ4v) is 4.19. The van der Waals surface area contributed by atoms with Gasteiger partial charge in [0.05, 0.1) is 14.2 Å². The van der Waals surface area contributed by atoms with Crippen LogP contribution >= 0.6 is 0 Å². The Kier molecular flexibility index (Phi) is 6.70. The number of ether oxygens (including phenoxy) is 2. The molecule has 2 unspecified atom stereocenters. The lowest BCUT2D eigenvalue weighted by atomic mass is 10.0. The number of hydrazine groups is 1. The van der Waals surface area contributed by atoms with Crippen LogP contribution in [0.1, 0.15) is 23.6 Å². The van der Waals surface area contributed by atoms with E-state index in [0.29, 0.717) is 26.1 Å². The van der Waals surface area contributed by atoms with Crippen LogP contribution in [0.5, 0.6) is 11.5 Å². The number of methoxy groups -OCH3 is 2. The molecule has 4 rings (SSSR count). The first kappa shape index (κ1) is 21.5. The highest BCUT2D eigenvalue weighted by Crippen LogP contribution is 2.25. The Hall–Kier alpha value is -2.68. The first-order chi connectivity index (χ1) is 15.1. The molecule has 2 aromatic carbocycles. The van der Waals surface area contributed by atoms with Crippen LogP contribution < -0.4 is 20.3 Å². The zero-order valence-electron chi connectivity index (χ0n) is 17.9. The summed E-state index contributed by atoms with van der Waals surface area (Å²) < 4.78 is 24.1. The van der Waals surface area contributed by atoms with E-state index in [1.54, 1.807) is 13.2 Å². The van der Waals surface area contributed by atoms with E-state index in [0.717, 1.165) is 30.0 Å². The molecule has 2 N–H and O–H groups in total. The largest absolute Gasteiger partial charge is 0.497 e. The van der Waals surface area contributed by atoms with Gasteiger partial charge in [0.1, 0.15) is 11.8 Å². The molecule has 0 aliphatic carbocycles. The Balaban J connectivity index is 1.27. The quantitative estimate of drug-likeness (QED) is 0.735. The van der Waals surface area contributed by atoms with Crippen LogP contribution in [0.3, 0.4) is 0 Å². The normalized spacial score (nSPS) is 21.8. The average Bonchev–Trinajstić information content (AvgIpc) is 3.30. The van der Waals surface area contributed by atoms with Crippen molar-refractivity contribution >= 4 is 5.91 Å². The molecule has 2 saturated heterocycles. The van der Waals surface area contributed by atoms with E-state index in [9.17, 15) is 9.18 Å². The topological polar surface area (TPSA) is 66.1 Å². The van der Waals surface area contributed by atoms with Gasteiger partial charge in [-0.25, -0.2) is 15.2 Å². The monoisotopic (exact) mass is 428 g/mol. The number of carbonyl (C=O) groups excluding carboxylic acids is 1. The van der Waals surface area contributed by atoms with Gasteiger partial charge in [-0.15, -0.1) is 0 Å². The van der Waals surface area contributed by atoms with Crippen LogP contribution in [-0.2, 0) is 11.3 Å². The smallest absolute Gasteiger partial charge is 0.241 e. The van der Waals surface area contributed by atoms with Crippen molar-refractivity contribution in [1.82, 2.24) is 20.7 Å². The molecule has 0 spiro atoms. The number of amides is 1. The number of benzene rings is 2. The van der Waals surface area contributed by atoms with Crippen LogP contribution in [0.25, 0.3) is 0 Å². The first-order valence-corrected chi connectivity index (χ1v) is 10.6. The van der Waals surface area contributed by atoms with Gasteiger partial charge in [-0.2, -0.15) is 0 Å². The highest BCUT2D eigenvalue weighted by molar-refractivity contribution is 5.82. The van der Waals surface area contributed by atoms with E-state index < -0.39 is 0 Å². The van der Waals surface area contributed by atoms with Gasteiger partial charge in [0.15, 0.2) is 11.6 Å². The Labute approximate surface area is 182 Å². The standard InChI is InChI=1S/C23H29FN4O3/c1-30-18-6-4-17(5-7-18)20-14-21(26-25-20)23(29)28-11-9-27(10-12-28)15-16-3-8-22(31-2)19(24)13-16/h3-8,13,20-21,25-26H,9-12,14-15H2,1-2H3. The van der Waals surface area contributed by atoms with E-state index >= 15 is 0 Å². The van der Waals surface area contributed by atoms with Gasteiger partial charge >= 0.3 is 0 Å². The number of halogens is 1. The van der Waals surface area contributed by atoms with Gasteiger partial charge < -0.3 is 14.4 Å². The molecule has 1 amide bonds.